The minimum atomic E-state index is -0.730. The molecule has 0 aliphatic carbocycles. The molecule has 0 aliphatic rings. The number of benzene rings is 2. The van der Waals surface area contributed by atoms with Crippen LogP contribution in [0.3, 0.4) is 0 Å². The molecule has 27 heavy (non-hydrogen) atoms. The molecule has 0 radical (unpaired) electrons. The van der Waals surface area contributed by atoms with E-state index in [0.717, 1.165) is 21.9 Å². The van der Waals surface area contributed by atoms with Crippen LogP contribution in [-0.2, 0) is 0 Å². The Bertz CT molecular complexity index is 950. The first-order valence-corrected chi connectivity index (χ1v) is 9.44. The van der Waals surface area contributed by atoms with Crippen molar-refractivity contribution in [3.05, 3.63) is 58.1 Å². The fraction of sp³-hybridized carbons (Fsp3) is 0.222. The molecule has 0 saturated carbocycles. The Kier molecular flexibility index (Phi) is 7.27. The lowest BCUT2D eigenvalue weighted by molar-refractivity contribution is 0.0985. The number of fused-ring (bicyclic) bond motifs is 1. The van der Waals surface area contributed by atoms with Crippen molar-refractivity contribution in [2.45, 2.75) is 0 Å². The van der Waals surface area contributed by atoms with Crippen LogP contribution in [0.25, 0.3) is 10.2 Å². The number of carbonyl (C=O) groups excluding carboxylic acids is 1. The van der Waals surface area contributed by atoms with Gasteiger partial charge < -0.3 is 4.90 Å². The third kappa shape index (κ3) is 5.01. The van der Waals surface area contributed by atoms with E-state index in [9.17, 15) is 13.6 Å². The Morgan fingerprint density at radius 3 is 2.44 bits per heavy atom. The quantitative estimate of drug-likeness (QED) is 0.522. The van der Waals surface area contributed by atoms with Gasteiger partial charge in [-0.15, -0.1) is 12.4 Å². The molecule has 0 atom stereocenters. The van der Waals surface area contributed by atoms with Crippen LogP contribution in [0, 0.1) is 11.6 Å². The van der Waals surface area contributed by atoms with Crippen LogP contribution in [0.5, 0.6) is 0 Å². The monoisotopic (exact) mass is 475 g/mol. The summed E-state index contributed by atoms with van der Waals surface area (Å²) in [6, 6.07) is 9.02. The Balaban J connectivity index is 0.00000261. The van der Waals surface area contributed by atoms with Gasteiger partial charge in [-0.25, -0.2) is 13.8 Å². The van der Waals surface area contributed by atoms with Crippen molar-refractivity contribution in [1.82, 2.24) is 9.88 Å². The number of hydrogen-bond acceptors (Lipinski definition) is 4. The highest BCUT2D eigenvalue weighted by Crippen LogP contribution is 2.32. The van der Waals surface area contributed by atoms with E-state index in [1.807, 2.05) is 19.0 Å². The van der Waals surface area contributed by atoms with Crippen LogP contribution < -0.4 is 4.90 Å². The smallest absolute Gasteiger partial charge is 0.260 e. The average molecular weight is 477 g/mol. The van der Waals surface area contributed by atoms with E-state index < -0.39 is 11.6 Å². The van der Waals surface area contributed by atoms with E-state index in [1.54, 1.807) is 24.3 Å². The van der Waals surface area contributed by atoms with E-state index in [2.05, 4.69) is 20.9 Å². The summed E-state index contributed by atoms with van der Waals surface area (Å²) in [7, 11) is 3.80. The van der Waals surface area contributed by atoms with Gasteiger partial charge in [0.05, 0.1) is 4.70 Å². The first-order valence-electron chi connectivity index (χ1n) is 7.83. The minimum absolute atomic E-state index is 0. The average Bonchev–Trinajstić information content (AvgIpc) is 2.99. The number of aromatic nitrogens is 1. The van der Waals surface area contributed by atoms with Gasteiger partial charge >= 0.3 is 0 Å². The van der Waals surface area contributed by atoms with Crippen molar-refractivity contribution in [3.63, 3.8) is 0 Å². The van der Waals surface area contributed by atoms with E-state index >= 15 is 0 Å². The van der Waals surface area contributed by atoms with Gasteiger partial charge in [0, 0.05) is 29.2 Å². The number of halogens is 4. The van der Waals surface area contributed by atoms with Crippen LogP contribution in [-0.4, -0.2) is 43.0 Å². The molecule has 0 aliphatic heterocycles. The van der Waals surface area contributed by atoms with Gasteiger partial charge in [0.1, 0.15) is 11.3 Å². The number of amides is 1. The summed E-state index contributed by atoms with van der Waals surface area (Å²) in [5, 5.41) is 0.347. The highest BCUT2D eigenvalue weighted by molar-refractivity contribution is 9.10. The number of rotatable bonds is 5. The van der Waals surface area contributed by atoms with Crippen LogP contribution >= 0.6 is 39.7 Å². The lowest BCUT2D eigenvalue weighted by Crippen LogP contribution is -2.36. The van der Waals surface area contributed by atoms with Crippen molar-refractivity contribution < 1.29 is 13.6 Å². The van der Waals surface area contributed by atoms with Crippen LogP contribution in [0.1, 0.15) is 10.4 Å². The van der Waals surface area contributed by atoms with Gasteiger partial charge in [0.2, 0.25) is 0 Å². The molecule has 0 N–H and O–H groups in total. The van der Waals surface area contributed by atoms with Gasteiger partial charge in [-0.1, -0.05) is 27.3 Å². The number of thiazole rings is 1. The number of carbonyl (C=O) groups is 1. The van der Waals surface area contributed by atoms with Crippen LogP contribution in [0.4, 0.5) is 13.9 Å². The Labute approximate surface area is 174 Å². The molecule has 2 aromatic carbocycles. The Morgan fingerprint density at radius 1 is 1.15 bits per heavy atom. The SMILES string of the molecule is CN(C)CCN(C(=O)c1ccc(Br)cc1)c1nc2c(F)cc(F)cc2s1.Cl. The van der Waals surface area contributed by atoms with Gasteiger partial charge in [0.15, 0.2) is 10.9 Å². The third-order valence-corrected chi connectivity index (χ3v) is 5.29. The van der Waals surface area contributed by atoms with Crippen LogP contribution in [0.2, 0.25) is 0 Å². The number of likely N-dealkylation sites (N-methyl/N-ethyl adjacent to an activating group) is 1. The standard InChI is InChI=1S/C18H16BrF2N3OS.ClH/c1-23(2)7-8-24(17(25)11-3-5-12(19)6-4-11)18-22-16-14(21)9-13(20)10-15(16)26-18;/h3-6,9-10H,7-8H2,1-2H3;1H. The molecule has 9 heteroatoms. The zero-order valence-electron chi connectivity index (χ0n) is 14.6. The van der Waals surface area contributed by atoms with E-state index in [1.165, 1.54) is 11.0 Å². The molecule has 144 valence electrons. The topological polar surface area (TPSA) is 36.4 Å². The minimum Gasteiger partial charge on any atom is -0.308 e. The van der Waals surface area contributed by atoms with Gasteiger partial charge in [-0.05, 0) is 44.4 Å². The van der Waals surface area contributed by atoms with Crippen molar-refractivity contribution in [2.75, 3.05) is 32.1 Å². The maximum Gasteiger partial charge on any atom is 0.260 e. The number of hydrogen-bond donors (Lipinski definition) is 0. The van der Waals surface area contributed by atoms with E-state index in [0.29, 0.717) is 28.5 Å². The summed E-state index contributed by atoms with van der Waals surface area (Å²) >= 11 is 4.44. The Hall–Kier alpha value is -1.61. The molecule has 0 unspecified atom stereocenters. The van der Waals surface area contributed by atoms with Crippen LogP contribution in [0.15, 0.2) is 40.9 Å². The highest BCUT2D eigenvalue weighted by Gasteiger charge is 2.22. The maximum absolute atomic E-state index is 14.0. The molecule has 1 heterocycles. The predicted molar refractivity (Wildman–Crippen MR) is 111 cm³/mol. The van der Waals surface area contributed by atoms with E-state index in [-0.39, 0.29) is 23.8 Å². The normalized spacial score (nSPS) is 10.9. The largest absolute Gasteiger partial charge is 0.308 e. The predicted octanol–water partition coefficient (Wildman–Crippen LogP) is 4.97. The van der Waals surface area contributed by atoms with Crippen molar-refractivity contribution in [3.8, 4) is 0 Å². The summed E-state index contributed by atoms with van der Waals surface area (Å²) in [5.41, 5.74) is 0.572. The zero-order valence-corrected chi connectivity index (χ0v) is 17.8. The second-order valence-electron chi connectivity index (χ2n) is 6.00. The van der Waals surface area contributed by atoms with E-state index in [4.69, 9.17) is 0 Å². The summed E-state index contributed by atoms with van der Waals surface area (Å²) in [6.07, 6.45) is 0. The lowest BCUT2D eigenvalue weighted by Gasteiger charge is -2.22. The fourth-order valence-electron chi connectivity index (χ4n) is 2.39. The van der Waals surface area contributed by atoms with Crippen molar-refractivity contribution in [2.24, 2.45) is 0 Å². The number of anilines is 1. The van der Waals surface area contributed by atoms with Gasteiger partial charge in [-0.3, -0.25) is 9.69 Å². The first-order chi connectivity index (χ1) is 12.3. The fourth-order valence-corrected chi connectivity index (χ4v) is 3.69. The molecular weight excluding hydrogens is 460 g/mol. The summed E-state index contributed by atoms with van der Waals surface area (Å²) in [5.74, 6) is -1.63. The molecule has 1 amide bonds. The molecular formula is C18H17BrClF2N3OS. The second kappa shape index (κ2) is 9.05. The first kappa shape index (κ1) is 21.7. The number of nitrogens with zero attached hydrogens (tertiary/aromatic N) is 3. The molecule has 0 bridgehead atoms. The molecule has 1 aromatic heterocycles. The third-order valence-electron chi connectivity index (χ3n) is 3.74. The molecule has 3 aromatic rings. The van der Waals surface area contributed by atoms with Gasteiger partial charge in [0.25, 0.3) is 5.91 Å². The summed E-state index contributed by atoms with van der Waals surface area (Å²) < 4.78 is 28.7. The second-order valence-corrected chi connectivity index (χ2v) is 7.92. The molecule has 0 saturated heterocycles. The summed E-state index contributed by atoms with van der Waals surface area (Å²) in [6.45, 7) is 0.987. The lowest BCUT2D eigenvalue weighted by atomic mass is 10.2. The Morgan fingerprint density at radius 2 is 1.81 bits per heavy atom. The van der Waals surface area contributed by atoms with Crippen molar-refractivity contribution in [1.29, 1.82) is 0 Å². The molecule has 0 fully saturated rings. The maximum atomic E-state index is 14.0. The molecule has 0 spiro atoms. The highest BCUT2D eigenvalue weighted by atomic mass is 79.9. The summed E-state index contributed by atoms with van der Waals surface area (Å²) in [4.78, 5) is 20.7. The van der Waals surface area contributed by atoms with Gasteiger partial charge in [-0.2, -0.15) is 0 Å². The molecule has 4 nitrogen and oxygen atoms in total. The zero-order chi connectivity index (χ0) is 18.8. The van der Waals surface area contributed by atoms with Crippen molar-refractivity contribution >= 4 is 60.9 Å². The molecule has 3 rings (SSSR count).